The van der Waals surface area contributed by atoms with Gasteiger partial charge in [0.1, 0.15) is 5.75 Å². The third-order valence-electron chi connectivity index (χ3n) is 6.72. The summed E-state index contributed by atoms with van der Waals surface area (Å²) in [6, 6.07) is 16.5. The molecule has 0 aliphatic carbocycles. The number of nitrogens with one attached hydrogen (secondary N) is 1. The molecule has 2 aromatic carbocycles. The topological polar surface area (TPSA) is 51.3 Å². The van der Waals surface area contributed by atoms with Gasteiger partial charge in [-0.15, -0.1) is 0 Å². The number of nitrogens with zero attached hydrogens (tertiary/aromatic N) is 4. The quantitative estimate of drug-likeness (QED) is 0.701. The molecule has 7 heteroatoms. The maximum absolute atomic E-state index is 12.9. The molecule has 33 heavy (non-hydrogen) atoms. The van der Waals surface area contributed by atoms with Crippen LogP contribution in [0, 0.1) is 0 Å². The standard InChI is InChI=1S/C26H37N5O2/c1-28-13-17-30(18-14-28)24-21-23(10-11-25(24)33-2)27-26(32)31-19-15-29(16-20-31)12-6-9-22-7-4-3-5-8-22/h3-5,7-8,10-11,21H,6,9,12-20H2,1-2H3,(H,27,32). The summed E-state index contributed by atoms with van der Waals surface area (Å²) in [5.41, 5.74) is 3.26. The van der Waals surface area contributed by atoms with E-state index in [9.17, 15) is 4.79 Å². The number of methoxy groups -OCH3 is 1. The van der Waals surface area contributed by atoms with Gasteiger partial charge < -0.3 is 24.8 Å². The summed E-state index contributed by atoms with van der Waals surface area (Å²) >= 11 is 0. The molecule has 4 rings (SSSR count). The van der Waals surface area contributed by atoms with E-state index in [4.69, 9.17) is 4.74 Å². The molecule has 2 heterocycles. The van der Waals surface area contributed by atoms with E-state index in [2.05, 4.69) is 57.4 Å². The third-order valence-corrected chi connectivity index (χ3v) is 6.72. The molecule has 7 nitrogen and oxygen atoms in total. The lowest BCUT2D eigenvalue weighted by molar-refractivity contribution is 0.146. The number of carbonyl (C=O) groups excluding carboxylic acids is 1. The molecule has 0 unspecified atom stereocenters. The average molecular weight is 452 g/mol. The summed E-state index contributed by atoms with van der Waals surface area (Å²) in [5, 5.41) is 3.11. The first-order valence-corrected chi connectivity index (χ1v) is 12.1. The van der Waals surface area contributed by atoms with E-state index >= 15 is 0 Å². The van der Waals surface area contributed by atoms with Gasteiger partial charge in [-0.25, -0.2) is 4.79 Å². The number of aryl methyl sites for hydroxylation is 1. The van der Waals surface area contributed by atoms with Crippen LogP contribution in [0.2, 0.25) is 0 Å². The zero-order chi connectivity index (χ0) is 23.0. The number of hydrogen-bond acceptors (Lipinski definition) is 5. The lowest BCUT2D eigenvalue weighted by atomic mass is 10.1. The molecule has 0 atom stereocenters. The van der Waals surface area contributed by atoms with Gasteiger partial charge in [-0.05, 0) is 50.2 Å². The fourth-order valence-electron chi connectivity index (χ4n) is 4.59. The summed E-state index contributed by atoms with van der Waals surface area (Å²) in [4.78, 5) is 22.0. The molecule has 0 radical (unpaired) electrons. The molecule has 0 spiro atoms. The maximum atomic E-state index is 12.9. The van der Waals surface area contributed by atoms with Crippen molar-refractivity contribution in [1.82, 2.24) is 14.7 Å². The average Bonchev–Trinajstić information content (AvgIpc) is 2.85. The van der Waals surface area contributed by atoms with Crippen LogP contribution in [0.1, 0.15) is 12.0 Å². The van der Waals surface area contributed by atoms with Gasteiger partial charge in [0.25, 0.3) is 0 Å². The van der Waals surface area contributed by atoms with Gasteiger partial charge in [0, 0.05) is 58.0 Å². The highest BCUT2D eigenvalue weighted by molar-refractivity contribution is 5.90. The molecule has 2 aliphatic heterocycles. The summed E-state index contributed by atoms with van der Waals surface area (Å²) in [6.45, 7) is 8.42. The second-order valence-corrected chi connectivity index (χ2v) is 9.02. The highest BCUT2D eigenvalue weighted by Gasteiger charge is 2.22. The van der Waals surface area contributed by atoms with Crippen molar-refractivity contribution < 1.29 is 9.53 Å². The first kappa shape index (κ1) is 23.4. The van der Waals surface area contributed by atoms with E-state index in [1.54, 1.807) is 7.11 Å². The second-order valence-electron chi connectivity index (χ2n) is 9.02. The summed E-state index contributed by atoms with van der Waals surface area (Å²) in [6.07, 6.45) is 2.26. The Morgan fingerprint density at radius 2 is 1.67 bits per heavy atom. The molecule has 0 saturated carbocycles. The molecule has 2 aromatic rings. The molecule has 0 bridgehead atoms. The number of amides is 2. The Kier molecular flexibility index (Phi) is 8.07. The van der Waals surface area contributed by atoms with Crippen molar-refractivity contribution in [3.8, 4) is 5.75 Å². The first-order chi connectivity index (χ1) is 16.1. The van der Waals surface area contributed by atoms with Crippen LogP contribution in [0.15, 0.2) is 48.5 Å². The molecule has 1 N–H and O–H groups in total. The number of urea groups is 1. The zero-order valence-electron chi connectivity index (χ0n) is 20.0. The Balaban J connectivity index is 1.26. The summed E-state index contributed by atoms with van der Waals surface area (Å²) in [5.74, 6) is 0.849. The highest BCUT2D eigenvalue weighted by Crippen LogP contribution is 2.32. The number of benzene rings is 2. The fourth-order valence-corrected chi connectivity index (χ4v) is 4.59. The Labute approximate surface area is 197 Å². The number of likely N-dealkylation sites (N-methyl/N-ethyl adjacent to an activating group) is 1. The van der Waals surface area contributed by atoms with Crippen molar-refractivity contribution in [3.63, 3.8) is 0 Å². The number of hydrogen-bond donors (Lipinski definition) is 1. The van der Waals surface area contributed by atoms with Crippen molar-refractivity contribution in [2.75, 3.05) is 83.3 Å². The van der Waals surface area contributed by atoms with E-state index in [0.29, 0.717) is 0 Å². The molecule has 2 amide bonds. The van der Waals surface area contributed by atoms with E-state index < -0.39 is 0 Å². The minimum atomic E-state index is -0.0200. The van der Waals surface area contributed by atoms with Crippen LogP contribution in [0.4, 0.5) is 16.2 Å². The smallest absolute Gasteiger partial charge is 0.321 e. The fraction of sp³-hybridized carbons (Fsp3) is 0.500. The van der Waals surface area contributed by atoms with Gasteiger partial charge in [-0.3, -0.25) is 4.90 Å². The maximum Gasteiger partial charge on any atom is 0.321 e. The predicted octanol–water partition coefficient (Wildman–Crippen LogP) is 3.23. The van der Waals surface area contributed by atoms with Crippen molar-refractivity contribution in [1.29, 1.82) is 0 Å². The number of rotatable bonds is 7. The number of piperazine rings is 2. The number of anilines is 2. The molecule has 2 saturated heterocycles. The van der Waals surface area contributed by atoms with Crippen LogP contribution in [-0.4, -0.2) is 93.8 Å². The first-order valence-electron chi connectivity index (χ1n) is 12.1. The van der Waals surface area contributed by atoms with E-state index in [1.807, 2.05) is 23.1 Å². The van der Waals surface area contributed by atoms with Crippen LogP contribution < -0.4 is 15.0 Å². The van der Waals surface area contributed by atoms with Gasteiger partial charge in [0.05, 0.1) is 12.8 Å². The molecule has 0 aromatic heterocycles. The molecular formula is C26H37N5O2. The summed E-state index contributed by atoms with van der Waals surface area (Å²) < 4.78 is 5.59. The number of carbonyl (C=O) groups is 1. The van der Waals surface area contributed by atoms with Crippen molar-refractivity contribution in [2.45, 2.75) is 12.8 Å². The third kappa shape index (κ3) is 6.39. The Bertz CT molecular complexity index is 891. The van der Waals surface area contributed by atoms with Crippen LogP contribution in [0.3, 0.4) is 0 Å². The van der Waals surface area contributed by atoms with Crippen LogP contribution in [0.25, 0.3) is 0 Å². The zero-order valence-corrected chi connectivity index (χ0v) is 20.0. The largest absolute Gasteiger partial charge is 0.495 e. The van der Waals surface area contributed by atoms with Crippen molar-refractivity contribution >= 4 is 17.4 Å². The van der Waals surface area contributed by atoms with Crippen LogP contribution in [0.5, 0.6) is 5.75 Å². The lowest BCUT2D eigenvalue weighted by Crippen LogP contribution is -2.50. The monoisotopic (exact) mass is 451 g/mol. The van der Waals surface area contributed by atoms with E-state index in [0.717, 1.165) is 88.9 Å². The summed E-state index contributed by atoms with van der Waals surface area (Å²) in [7, 11) is 3.85. The molecular weight excluding hydrogens is 414 g/mol. The number of ether oxygens (including phenoxy) is 1. The minimum absolute atomic E-state index is 0.0200. The van der Waals surface area contributed by atoms with Gasteiger partial charge in [0.2, 0.25) is 0 Å². The highest BCUT2D eigenvalue weighted by atomic mass is 16.5. The van der Waals surface area contributed by atoms with Crippen molar-refractivity contribution in [3.05, 3.63) is 54.1 Å². The van der Waals surface area contributed by atoms with E-state index in [1.165, 1.54) is 5.56 Å². The Morgan fingerprint density at radius 3 is 2.36 bits per heavy atom. The van der Waals surface area contributed by atoms with E-state index in [-0.39, 0.29) is 6.03 Å². The molecule has 2 aliphatic rings. The lowest BCUT2D eigenvalue weighted by Gasteiger charge is -2.35. The van der Waals surface area contributed by atoms with Gasteiger partial charge in [0.15, 0.2) is 0 Å². The van der Waals surface area contributed by atoms with Crippen LogP contribution in [-0.2, 0) is 6.42 Å². The van der Waals surface area contributed by atoms with Gasteiger partial charge >= 0.3 is 6.03 Å². The predicted molar refractivity (Wildman–Crippen MR) is 134 cm³/mol. The van der Waals surface area contributed by atoms with Crippen LogP contribution >= 0.6 is 0 Å². The Hall–Kier alpha value is -2.77. The Morgan fingerprint density at radius 1 is 0.939 bits per heavy atom. The second kappa shape index (κ2) is 11.4. The normalized spacial score (nSPS) is 17.8. The molecule has 2 fully saturated rings. The molecule has 178 valence electrons. The van der Waals surface area contributed by atoms with Gasteiger partial charge in [-0.2, -0.15) is 0 Å². The minimum Gasteiger partial charge on any atom is -0.495 e. The van der Waals surface area contributed by atoms with Crippen molar-refractivity contribution in [2.24, 2.45) is 0 Å². The van der Waals surface area contributed by atoms with Gasteiger partial charge in [-0.1, -0.05) is 30.3 Å². The SMILES string of the molecule is COc1ccc(NC(=O)N2CCN(CCCc3ccccc3)CC2)cc1N1CCN(C)CC1.